The van der Waals surface area contributed by atoms with Crippen LogP contribution >= 0.6 is 11.3 Å². The molecule has 1 unspecified atom stereocenters. The minimum atomic E-state index is -0.817. The number of ether oxygens (including phenoxy) is 3. The van der Waals surface area contributed by atoms with E-state index < -0.39 is 18.0 Å². The second-order valence-corrected chi connectivity index (χ2v) is 10.1. The number of fused-ring (bicyclic) bond motifs is 1. The predicted octanol–water partition coefficient (Wildman–Crippen LogP) is 3.58. The molecule has 1 aromatic heterocycles. The van der Waals surface area contributed by atoms with E-state index in [-0.39, 0.29) is 23.5 Å². The van der Waals surface area contributed by atoms with Gasteiger partial charge in [-0.1, -0.05) is 29.5 Å². The number of thiazole rings is 1. The van der Waals surface area contributed by atoms with Crippen LogP contribution in [-0.2, 0) is 14.3 Å². The van der Waals surface area contributed by atoms with Crippen molar-refractivity contribution in [1.82, 2.24) is 4.57 Å². The third-order valence-electron chi connectivity index (χ3n) is 6.59. The van der Waals surface area contributed by atoms with E-state index in [1.165, 1.54) is 29.9 Å². The molecule has 2 heterocycles. The van der Waals surface area contributed by atoms with Crippen LogP contribution in [0.15, 0.2) is 63.5 Å². The molecule has 1 aliphatic rings. The normalized spacial score (nSPS) is 14.8. The lowest BCUT2D eigenvalue weighted by atomic mass is 9.95. The summed E-state index contributed by atoms with van der Waals surface area (Å²) < 4.78 is 18.1. The highest BCUT2D eigenvalue weighted by Gasteiger charge is 2.34. The van der Waals surface area contributed by atoms with E-state index in [9.17, 15) is 14.4 Å². The topological polar surface area (TPSA) is 99.4 Å². The van der Waals surface area contributed by atoms with E-state index in [1.54, 1.807) is 32.0 Å². The Bertz CT molecular complexity index is 1630. The first-order valence-corrected chi connectivity index (χ1v) is 13.9. The van der Waals surface area contributed by atoms with Gasteiger partial charge in [-0.15, -0.1) is 0 Å². The first kappa shape index (κ1) is 28.8. The summed E-state index contributed by atoms with van der Waals surface area (Å²) in [5, 5.41) is 0. The lowest BCUT2D eigenvalue weighted by molar-refractivity contribution is -0.139. The zero-order valence-electron chi connectivity index (χ0n) is 23.5. The van der Waals surface area contributed by atoms with Crippen molar-refractivity contribution in [2.24, 2.45) is 4.99 Å². The number of aromatic nitrogens is 1. The Morgan fingerprint density at radius 1 is 1.07 bits per heavy atom. The van der Waals surface area contributed by atoms with E-state index in [2.05, 4.69) is 23.7 Å². The highest BCUT2D eigenvalue weighted by molar-refractivity contribution is 7.07. The lowest BCUT2D eigenvalue weighted by Gasteiger charge is -2.25. The Kier molecular flexibility index (Phi) is 8.89. The van der Waals surface area contributed by atoms with Crippen molar-refractivity contribution in [3.63, 3.8) is 0 Å². The molecule has 0 amide bonds. The fraction of sp³-hybridized carbons (Fsp3) is 0.333. The Balaban J connectivity index is 1.88. The SMILES string of the molecule is CCOC(=O)C1=C(C)N=c2s/c(=C/c3ccc(N(CC)CC)cc3)c(=O)n2C1c1ccc(OC(C)=O)c(OC)c1. The summed E-state index contributed by atoms with van der Waals surface area (Å²) in [5.74, 6) is -0.524. The number of rotatable bonds is 9. The number of anilines is 1. The minimum Gasteiger partial charge on any atom is -0.493 e. The minimum absolute atomic E-state index is 0.172. The largest absolute Gasteiger partial charge is 0.493 e. The van der Waals surface area contributed by atoms with Crippen LogP contribution in [0, 0.1) is 0 Å². The monoisotopic (exact) mass is 563 g/mol. The summed E-state index contributed by atoms with van der Waals surface area (Å²) in [6.07, 6.45) is 1.83. The number of carbonyl (C=O) groups excluding carboxylic acids is 2. The van der Waals surface area contributed by atoms with E-state index in [1.807, 2.05) is 30.3 Å². The van der Waals surface area contributed by atoms with Crippen LogP contribution in [0.3, 0.4) is 0 Å². The molecule has 0 aliphatic carbocycles. The maximum atomic E-state index is 13.9. The van der Waals surface area contributed by atoms with Gasteiger partial charge in [0.2, 0.25) is 0 Å². The average Bonchev–Trinajstić information content (AvgIpc) is 3.23. The molecule has 0 saturated heterocycles. The average molecular weight is 564 g/mol. The molecule has 4 rings (SSSR count). The number of nitrogens with zero attached hydrogens (tertiary/aromatic N) is 3. The van der Waals surface area contributed by atoms with Gasteiger partial charge < -0.3 is 19.1 Å². The number of hydrogen-bond acceptors (Lipinski definition) is 9. The van der Waals surface area contributed by atoms with Gasteiger partial charge in [0.15, 0.2) is 16.3 Å². The summed E-state index contributed by atoms with van der Waals surface area (Å²) >= 11 is 1.26. The van der Waals surface area contributed by atoms with Crippen molar-refractivity contribution in [3.05, 3.63) is 84.5 Å². The third-order valence-corrected chi connectivity index (χ3v) is 7.58. The molecule has 1 aliphatic heterocycles. The summed E-state index contributed by atoms with van der Waals surface area (Å²) in [6, 6.07) is 12.2. The lowest BCUT2D eigenvalue weighted by Crippen LogP contribution is -2.40. The van der Waals surface area contributed by atoms with Gasteiger partial charge in [-0.3, -0.25) is 14.2 Å². The highest BCUT2D eigenvalue weighted by atomic mass is 32.1. The van der Waals surface area contributed by atoms with Crippen molar-refractivity contribution < 1.29 is 23.8 Å². The van der Waals surface area contributed by atoms with Crippen molar-refractivity contribution >= 4 is 35.0 Å². The molecule has 2 aromatic carbocycles. The smallest absolute Gasteiger partial charge is 0.338 e. The molecule has 9 nitrogen and oxygen atoms in total. The molecule has 0 radical (unpaired) electrons. The maximum Gasteiger partial charge on any atom is 0.338 e. The van der Waals surface area contributed by atoms with Crippen LogP contribution in [0.2, 0.25) is 0 Å². The molecule has 0 fully saturated rings. The molecule has 10 heteroatoms. The first-order chi connectivity index (χ1) is 19.2. The number of carbonyl (C=O) groups is 2. The quantitative estimate of drug-likeness (QED) is 0.290. The number of hydrogen-bond donors (Lipinski definition) is 0. The van der Waals surface area contributed by atoms with Crippen molar-refractivity contribution in [1.29, 1.82) is 0 Å². The second-order valence-electron chi connectivity index (χ2n) is 9.07. The molecule has 40 heavy (non-hydrogen) atoms. The van der Waals surface area contributed by atoms with Crippen molar-refractivity contribution in [3.8, 4) is 11.5 Å². The number of esters is 2. The zero-order chi connectivity index (χ0) is 29.0. The number of benzene rings is 2. The Morgan fingerprint density at radius 2 is 1.77 bits per heavy atom. The standard InChI is InChI=1S/C30H33N3O6S/c1-7-32(8-2)22-13-10-20(11-14-22)16-25-28(35)33-27(21-12-15-23(39-19(5)34)24(17-21)37-6)26(29(36)38-9-3)18(4)31-30(33)40-25/h10-17,27H,7-9H2,1-6H3/b25-16+. The van der Waals surface area contributed by atoms with Gasteiger partial charge in [-0.05, 0) is 69.2 Å². The zero-order valence-corrected chi connectivity index (χ0v) is 24.3. The summed E-state index contributed by atoms with van der Waals surface area (Å²) in [5.41, 5.74) is 3.02. The number of methoxy groups -OCH3 is 1. The predicted molar refractivity (Wildman–Crippen MR) is 155 cm³/mol. The van der Waals surface area contributed by atoms with E-state index in [0.29, 0.717) is 26.3 Å². The van der Waals surface area contributed by atoms with Crippen LogP contribution in [-0.4, -0.2) is 43.3 Å². The van der Waals surface area contributed by atoms with Crippen LogP contribution < -0.4 is 29.3 Å². The van der Waals surface area contributed by atoms with Gasteiger partial charge in [0.25, 0.3) is 5.56 Å². The fourth-order valence-corrected chi connectivity index (χ4v) is 5.77. The Morgan fingerprint density at radius 3 is 2.38 bits per heavy atom. The van der Waals surface area contributed by atoms with Gasteiger partial charge >= 0.3 is 11.9 Å². The second kappa shape index (κ2) is 12.3. The van der Waals surface area contributed by atoms with E-state index in [4.69, 9.17) is 14.2 Å². The molecular weight excluding hydrogens is 530 g/mol. The van der Waals surface area contributed by atoms with E-state index >= 15 is 0 Å². The fourth-order valence-electron chi connectivity index (χ4n) is 4.72. The summed E-state index contributed by atoms with van der Waals surface area (Å²) in [4.78, 5) is 45.9. The molecular formula is C30H33N3O6S. The van der Waals surface area contributed by atoms with Gasteiger partial charge in [0.05, 0.1) is 35.6 Å². The van der Waals surface area contributed by atoms with Gasteiger partial charge in [0.1, 0.15) is 0 Å². The maximum absolute atomic E-state index is 13.9. The summed E-state index contributed by atoms with van der Waals surface area (Å²) in [6.45, 7) is 11.0. The molecule has 0 spiro atoms. The highest BCUT2D eigenvalue weighted by Crippen LogP contribution is 2.36. The van der Waals surface area contributed by atoms with Gasteiger partial charge in [-0.25, -0.2) is 9.79 Å². The molecule has 0 bridgehead atoms. The molecule has 3 aromatic rings. The van der Waals surface area contributed by atoms with Crippen LogP contribution in [0.25, 0.3) is 6.08 Å². The van der Waals surface area contributed by atoms with E-state index in [0.717, 1.165) is 24.3 Å². The van der Waals surface area contributed by atoms with Gasteiger partial charge in [-0.2, -0.15) is 0 Å². The molecule has 1 atom stereocenters. The summed E-state index contributed by atoms with van der Waals surface area (Å²) in [7, 11) is 1.45. The van der Waals surface area contributed by atoms with Crippen LogP contribution in [0.5, 0.6) is 11.5 Å². The molecule has 210 valence electrons. The Hall–Kier alpha value is -4.18. The molecule has 0 N–H and O–H groups in total. The van der Waals surface area contributed by atoms with Crippen molar-refractivity contribution in [2.75, 3.05) is 31.7 Å². The molecule has 0 saturated carbocycles. The van der Waals surface area contributed by atoms with Crippen LogP contribution in [0.1, 0.15) is 51.8 Å². The van der Waals surface area contributed by atoms with Crippen molar-refractivity contribution in [2.45, 2.75) is 40.7 Å². The third kappa shape index (κ3) is 5.72. The Labute approximate surface area is 236 Å². The van der Waals surface area contributed by atoms with Gasteiger partial charge in [0, 0.05) is 25.7 Å². The first-order valence-electron chi connectivity index (χ1n) is 13.1. The van der Waals surface area contributed by atoms with Crippen LogP contribution in [0.4, 0.5) is 5.69 Å². The number of allylic oxidation sites excluding steroid dienone is 1.